The second kappa shape index (κ2) is 7.14. The standard InChI is InChI=1S/C13H18O6S/c1-3-18-12-9-10(13(14)15)5-6-11(12)19-7-8-20(16,17)4-2/h5-6,9H,3-4,7-8H2,1-2H3,(H,14,15). The van der Waals surface area contributed by atoms with Gasteiger partial charge in [0.25, 0.3) is 0 Å². The summed E-state index contributed by atoms with van der Waals surface area (Å²) in [5, 5.41) is 8.91. The van der Waals surface area contributed by atoms with Gasteiger partial charge in [-0.15, -0.1) is 0 Å². The lowest BCUT2D eigenvalue weighted by atomic mass is 10.2. The third kappa shape index (κ3) is 4.73. The van der Waals surface area contributed by atoms with Crippen molar-refractivity contribution in [2.45, 2.75) is 13.8 Å². The van der Waals surface area contributed by atoms with Crippen molar-refractivity contribution in [1.82, 2.24) is 0 Å². The van der Waals surface area contributed by atoms with Crippen molar-refractivity contribution in [3.8, 4) is 11.5 Å². The Hall–Kier alpha value is -1.76. The molecule has 1 aromatic carbocycles. The highest BCUT2D eigenvalue weighted by Gasteiger charge is 2.12. The first-order valence-electron chi connectivity index (χ1n) is 6.23. The molecule has 0 unspecified atom stereocenters. The molecule has 0 aromatic heterocycles. The van der Waals surface area contributed by atoms with Crippen molar-refractivity contribution in [2.24, 2.45) is 0 Å². The normalized spacial score (nSPS) is 11.1. The Labute approximate surface area is 118 Å². The topological polar surface area (TPSA) is 89.9 Å². The number of sulfone groups is 1. The number of ether oxygens (including phenoxy) is 2. The van der Waals surface area contributed by atoms with Crippen molar-refractivity contribution in [1.29, 1.82) is 0 Å². The van der Waals surface area contributed by atoms with Gasteiger partial charge >= 0.3 is 5.97 Å². The predicted molar refractivity (Wildman–Crippen MR) is 74.4 cm³/mol. The van der Waals surface area contributed by atoms with Gasteiger partial charge in [-0.25, -0.2) is 13.2 Å². The van der Waals surface area contributed by atoms with Gasteiger partial charge in [-0.2, -0.15) is 0 Å². The van der Waals surface area contributed by atoms with E-state index in [-0.39, 0.29) is 23.7 Å². The van der Waals surface area contributed by atoms with Crippen LogP contribution >= 0.6 is 0 Å². The molecule has 0 saturated carbocycles. The number of benzene rings is 1. The average Bonchev–Trinajstić information content (AvgIpc) is 2.40. The minimum atomic E-state index is -3.10. The SMILES string of the molecule is CCOc1cc(C(=O)O)ccc1OCCS(=O)(=O)CC. The Morgan fingerprint density at radius 2 is 1.90 bits per heavy atom. The zero-order valence-electron chi connectivity index (χ0n) is 11.5. The van der Waals surface area contributed by atoms with E-state index in [2.05, 4.69) is 0 Å². The average molecular weight is 302 g/mol. The molecule has 0 heterocycles. The molecule has 0 bridgehead atoms. The molecule has 6 nitrogen and oxygen atoms in total. The van der Waals surface area contributed by atoms with E-state index in [1.165, 1.54) is 18.2 Å². The van der Waals surface area contributed by atoms with Crippen molar-refractivity contribution in [3.63, 3.8) is 0 Å². The number of aromatic carboxylic acids is 1. The molecule has 0 radical (unpaired) electrons. The summed E-state index contributed by atoms with van der Waals surface area (Å²) in [4.78, 5) is 10.9. The molecule has 0 aliphatic carbocycles. The second-order valence-electron chi connectivity index (χ2n) is 3.98. The lowest BCUT2D eigenvalue weighted by molar-refractivity contribution is 0.0696. The Kier molecular flexibility index (Phi) is 5.82. The summed E-state index contributed by atoms with van der Waals surface area (Å²) in [5.41, 5.74) is 0.0852. The molecule has 0 saturated heterocycles. The first-order valence-corrected chi connectivity index (χ1v) is 8.05. The molecule has 0 aliphatic rings. The van der Waals surface area contributed by atoms with E-state index in [1.54, 1.807) is 13.8 Å². The van der Waals surface area contributed by atoms with Gasteiger partial charge in [0, 0.05) is 5.75 Å². The van der Waals surface area contributed by atoms with Crippen LogP contribution in [0.1, 0.15) is 24.2 Å². The first-order chi connectivity index (χ1) is 9.39. The largest absolute Gasteiger partial charge is 0.490 e. The van der Waals surface area contributed by atoms with Gasteiger partial charge in [0.1, 0.15) is 6.61 Å². The number of rotatable bonds is 8. The van der Waals surface area contributed by atoms with E-state index >= 15 is 0 Å². The van der Waals surface area contributed by atoms with Crippen LogP contribution in [0, 0.1) is 0 Å². The van der Waals surface area contributed by atoms with Gasteiger partial charge in [0.05, 0.1) is 17.9 Å². The third-order valence-corrected chi connectivity index (χ3v) is 4.25. The monoisotopic (exact) mass is 302 g/mol. The maximum absolute atomic E-state index is 11.4. The lowest BCUT2D eigenvalue weighted by Crippen LogP contribution is -2.16. The van der Waals surface area contributed by atoms with Gasteiger partial charge < -0.3 is 14.6 Å². The number of hydrogen-bond donors (Lipinski definition) is 1. The molecule has 0 fully saturated rings. The summed E-state index contributed by atoms with van der Waals surface area (Å²) < 4.78 is 33.4. The number of carboxylic acid groups (broad SMARTS) is 1. The molecular weight excluding hydrogens is 284 g/mol. The lowest BCUT2D eigenvalue weighted by Gasteiger charge is -2.12. The molecule has 0 spiro atoms. The molecule has 0 atom stereocenters. The van der Waals surface area contributed by atoms with Crippen LogP contribution in [-0.2, 0) is 9.84 Å². The zero-order valence-corrected chi connectivity index (χ0v) is 12.3. The Morgan fingerprint density at radius 1 is 1.20 bits per heavy atom. The van der Waals surface area contributed by atoms with E-state index in [9.17, 15) is 13.2 Å². The second-order valence-corrected chi connectivity index (χ2v) is 6.46. The first kappa shape index (κ1) is 16.3. The van der Waals surface area contributed by atoms with Crippen LogP contribution in [0.4, 0.5) is 0 Å². The maximum atomic E-state index is 11.4. The van der Waals surface area contributed by atoms with Crippen LogP contribution in [0.15, 0.2) is 18.2 Å². The molecule has 20 heavy (non-hydrogen) atoms. The van der Waals surface area contributed by atoms with Gasteiger partial charge in [-0.1, -0.05) is 6.92 Å². The fraction of sp³-hybridized carbons (Fsp3) is 0.462. The summed E-state index contributed by atoms with van der Waals surface area (Å²) in [7, 11) is -3.10. The fourth-order valence-electron chi connectivity index (χ4n) is 1.45. The van der Waals surface area contributed by atoms with Crippen LogP contribution in [0.5, 0.6) is 11.5 Å². The summed E-state index contributed by atoms with van der Waals surface area (Å²) >= 11 is 0. The molecular formula is C13H18O6S. The predicted octanol–water partition coefficient (Wildman–Crippen LogP) is 1.60. The van der Waals surface area contributed by atoms with Crippen molar-refractivity contribution >= 4 is 15.8 Å². The zero-order chi connectivity index (χ0) is 15.2. The van der Waals surface area contributed by atoms with Gasteiger partial charge in [-0.05, 0) is 25.1 Å². The van der Waals surface area contributed by atoms with Gasteiger partial charge in [-0.3, -0.25) is 0 Å². The van der Waals surface area contributed by atoms with E-state index < -0.39 is 15.8 Å². The highest BCUT2D eigenvalue weighted by atomic mass is 32.2. The van der Waals surface area contributed by atoms with Crippen LogP contribution < -0.4 is 9.47 Å². The number of hydrogen-bond acceptors (Lipinski definition) is 5. The van der Waals surface area contributed by atoms with Crippen LogP contribution in [0.3, 0.4) is 0 Å². The summed E-state index contributed by atoms with van der Waals surface area (Å²) in [5.74, 6) is -0.460. The summed E-state index contributed by atoms with van der Waals surface area (Å²) in [6.07, 6.45) is 0. The summed E-state index contributed by atoms with van der Waals surface area (Å²) in [6.45, 7) is 3.69. The number of carbonyl (C=O) groups is 1. The van der Waals surface area contributed by atoms with Gasteiger partial charge in [0.2, 0.25) is 0 Å². The highest BCUT2D eigenvalue weighted by Crippen LogP contribution is 2.28. The molecule has 1 aromatic rings. The Balaban J connectivity index is 2.81. The molecule has 7 heteroatoms. The van der Waals surface area contributed by atoms with Crippen LogP contribution in [-0.4, -0.2) is 44.2 Å². The van der Waals surface area contributed by atoms with E-state index in [0.717, 1.165) is 0 Å². The highest BCUT2D eigenvalue weighted by molar-refractivity contribution is 7.91. The van der Waals surface area contributed by atoms with Crippen molar-refractivity contribution in [3.05, 3.63) is 23.8 Å². The summed E-state index contributed by atoms with van der Waals surface area (Å²) in [6, 6.07) is 4.21. The molecule has 0 aliphatic heterocycles. The molecule has 1 N–H and O–H groups in total. The smallest absolute Gasteiger partial charge is 0.335 e. The van der Waals surface area contributed by atoms with E-state index in [4.69, 9.17) is 14.6 Å². The third-order valence-electron chi connectivity index (χ3n) is 2.58. The Bertz CT molecular complexity index is 564. The molecule has 112 valence electrons. The van der Waals surface area contributed by atoms with E-state index in [0.29, 0.717) is 18.1 Å². The number of carboxylic acids is 1. The van der Waals surface area contributed by atoms with Crippen molar-refractivity contribution in [2.75, 3.05) is 24.7 Å². The van der Waals surface area contributed by atoms with Gasteiger partial charge in [0.15, 0.2) is 21.3 Å². The van der Waals surface area contributed by atoms with Crippen molar-refractivity contribution < 1.29 is 27.8 Å². The maximum Gasteiger partial charge on any atom is 0.335 e. The fourth-order valence-corrected chi connectivity index (χ4v) is 2.08. The van der Waals surface area contributed by atoms with Crippen LogP contribution in [0.25, 0.3) is 0 Å². The minimum Gasteiger partial charge on any atom is -0.490 e. The quantitative estimate of drug-likeness (QED) is 0.784. The molecule has 1 rings (SSSR count). The minimum absolute atomic E-state index is 0.00264. The molecule has 0 amide bonds. The van der Waals surface area contributed by atoms with E-state index in [1.807, 2.05) is 0 Å². The Morgan fingerprint density at radius 3 is 2.45 bits per heavy atom. The van der Waals surface area contributed by atoms with Crippen LogP contribution in [0.2, 0.25) is 0 Å².